The zero-order valence-corrected chi connectivity index (χ0v) is 9.38. The molecule has 0 fully saturated rings. The van der Waals surface area contributed by atoms with Crippen LogP contribution in [0.2, 0.25) is 0 Å². The molecule has 1 nitrogen and oxygen atoms in total. The molecular weight excluding hydrogens is 182 g/mol. The molecule has 0 amide bonds. The van der Waals surface area contributed by atoms with E-state index in [-0.39, 0.29) is 0 Å². The minimum Gasteiger partial charge on any atom is -0.402 e. The van der Waals surface area contributed by atoms with Crippen molar-refractivity contribution in [1.29, 1.82) is 0 Å². The maximum Gasteiger partial charge on any atom is 0.0163 e. The third-order valence-electron chi connectivity index (χ3n) is 2.74. The van der Waals surface area contributed by atoms with Crippen molar-refractivity contribution in [2.75, 3.05) is 0 Å². The zero-order valence-electron chi connectivity index (χ0n) is 9.38. The molecule has 0 saturated carbocycles. The van der Waals surface area contributed by atoms with Crippen molar-refractivity contribution in [3.05, 3.63) is 52.7 Å². The Morgan fingerprint density at radius 1 is 1.07 bits per heavy atom. The number of aryl methyl sites for hydroxylation is 2. The molecule has 0 bridgehead atoms. The second-order valence-electron chi connectivity index (χ2n) is 4.26. The summed E-state index contributed by atoms with van der Waals surface area (Å²) in [5, 5.41) is 0. The van der Waals surface area contributed by atoms with Gasteiger partial charge in [-0.1, -0.05) is 41.5 Å². The summed E-state index contributed by atoms with van der Waals surface area (Å²) in [6, 6.07) is 6.59. The van der Waals surface area contributed by atoms with Gasteiger partial charge in [0.05, 0.1) is 0 Å². The lowest BCUT2D eigenvalue weighted by molar-refractivity contribution is 0.950. The third-order valence-corrected chi connectivity index (χ3v) is 2.74. The van der Waals surface area contributed by atoms with Gasteiger partial charge in [-0.25, -0.2) is 0 Å². The Balaban J connectivity index is 2.49. The Labute approximate surface area is 91.3 Å². The summed E-state index contributed by atoms with van der Waals surface area (Å²) in [6.45, 7) is 4.25. The lowest BCUT2D eigenvalue weighted by Crippen LogP contribution is -2.04. The fraction of sp³-hybridized carbons (Fsp3) is 0.286. The van der Waals surface area contributed by atoms with Crippen LogP contribution in [-0.4, -0.2) is 0 Å². The summed E-state index contributed by atoms with van der Waals surface area (Å²) < 4.78 is 0. The molecule has 15 heavy (non-hydrogen) atoms. The first kappa shape index (κ1) is 10.0. The molecule has 78 valence electrons. The highest BCUT2D eigenvalue weighted by atomic mass is 14.6. The molecule has 1 aromatic rings. The normalized spacial score (nSPS) is 15.9. The van der Waals surface area contributed by atoms with E-state index in [1.807, 2.05) is 0 Å². The van der Waals surface area contributed by atoms with Gasteiger partial charge in [-0.05, 0) is 32.3 Å². The third kappa shape index (κ3) is 2.12. The zero-order chi connectivity index (χ0) is 10.8. The van der Waals surface area contributed by atoms with E-state index in [0.29, 0.717) is 0 Å². The van der Waals surface area contributed by atoms with Crippen LogP contribution in [0, 0.1) is 13.8 Å². The first-order valence-electron chi connectivity index (χ1n) is 5.40. The van der Waals surface area contributed by atoms with Crippen LogP contribution >= 0.6 is 0 Å². The van der Waals surface area contributed by atoms with Gasteiger partial charge in [-0.3, -0.25) is 0 Å². The smallest absolute Gasteiger partial charge is 0.0163 e. The van der Waals surface area contributed by atoms with Gasteiger partial charge in [-0.15, -0.1) is 0 Å². The van der Waals surface area contributed by atoms with E-state index in [0.717, 1.165) is 18.5 Å². The van der Waals surface area contributed by atoms with Crippen LogP contribution in [0.5, 0.6) is 0 Å². The Morgan fingerprint density at radius 3 is 2.33 bits per heavy atom. The van der Waals surface area contributed by atoms with Crippen LogP contribution < -0.4 is 5.73 Å². The molecule has 0 unspecified atom stereocenters. The molecule has 2 rings (SSSR count). The van der Waals surface area contributed by atoms with Crippen LogP contribution in [0.25, 0.3) is 5.57 Å². The van der Waals surface area contributed by atoms with Gasteiger partial charge in [-0.2, -0.15) is 0 Å². The highest BCUT2D eigenvalue weighted by Gasteiger charge is 2.07. The highest BCUT2D eigenvalue weighted by Crippen LogP contribution is 2.26. The molecule has 0 saturated heterocycles. The molecule has 0 aromatic heterocycles. The number of nitrogens with two attached hydrogens (primary N) is 1. The summed E-state index contributed by atoms with van der Waals surface area (Å²) in [4.78, 5) is 0. The van der Waals surface area contributed by atoms with Crippen molar-refractivity contribution >= 4 is 5.57 Å². The van der Waals surface area contributed by atoms with Crippen LogP contribution in [0.15, 0.2) is 36.0 Å². The topological polar surface area (TPSA) is 26.0 Å². The van der Waals surface area contributed by atoms with E-state index >= 15 is 0 Å². The second-order valence-corrected chi connectivity index (χ2v) is 4.26. The van der Waals surface area contributed by atoms with Crippen molar-refractivity contribution in [1.82, 2.24) is 0 Å². The van der Waals surface area contributed by atoms with Crippen LogP contribution in [0.3, 0.4) is 0 Å². The number of rotatable bonds is 1. The maximum atomic E-state index is 6.04. The van der Waals surface area contributed by atoms with E-state index in [1.54, 1.807) is 0 Å². The minimum atomic E-state index is 0.985. The quantitative estimate of drug-likeness (QED) is 0.737. The van der Waals surface area contributed by atoms with Gasteiger partial charge in [0.1, 0.15) is 0 Å². The fourth-order valence-corrected chi connectivity index (χ4v) is 2.09. The Hall–Kier alpha value is -1.50. The monoisotopic (exact) mass is 199 g/mol. The number of benzene rings is 1. The standard InChI is InChI=1S/C14H17N/c1-10-7-11(2)9-12(8-10)13-5-3-4-6-14(13)15/h3,5,7-9H,4,6,15H2,1-2H3. The van der Waals surface area contributed by atoms with Gasteiger partial charge in [0, 0.05) is 11.3 Å². The molecule has 1 aliphatic carbocycles. The Bertz CT molecular complexity index is 418. The van der Waals surface area contributed by atoms with Gasteiger partial charge in [0.25, 0.3) is 0 Å². The fourth-order valence-electron chi connectivity index (χ4n) is 2.09. The van der Waals surface area contributed by atoms with Crippen molar-refractivity contribution < 1.29 is 0 Å². The molecular formula is C14H17N. The van der Waals surface area contributed by atoms with Gasteiger partial charge in [0.2, 0.25) is 0 Å². The predicted octanol–water partition coefficient (Wildman–Crippen LogP) is 3.32. The largest absolute Gasteiger partial charge is 0.402 e. The Kier molecular flexibility index (Phi) is 2.63. The summed E-state index contributed by atoms with van der Waals surface area (Å²) >= 11 is 0. The van der Waals surface area contributed by atoms with Gasteiger partial charge in [0.15, 0.2) is 0 Å². The SMILES string of the molecule is Cc1cc(C)cc(C2=C(N)CCC=C2)c1. The lowest BCUT2D eigenvalue weighted by Gasteiger charge is -2.13. The van der Waals surface area contributed by atoms with Crippen molar-refractivity contribution in [3.8, 4) is 0 Å². The summed E-state index contributed by atoms with van der Waals surface area (Å²) in [6.07, 6.45) is 6.40. The second kappa shape index (κ2) is 3.93. The van der Waals surface area contributed by atoms with E-state index in [9.17, 15) is 0 Å². The minimum absolute atomic E-state index is 0.985. The van der Waals surface area contributed by atoms with Crippen molar-refractivity contribution in [2.24, 2.45) is 5.73 Å². The van der Waals surface area contributed by atoms with E-state index in [4.69, 9.17) is 5.73 Å². The first-order chi connectivity index (χ1) is 7.16. The van der Waals surface area contributed by atoms with Gasteiger partial charge < -0.3 is 5.73 Å². The van der Waals surface area contributed by atoms with Crippen molar-refractivity contribution in [3.63, 3.8) is 0 Å². The number of hydrogen-bond donors (Lipinski definition) is 1. The molecule has 0 atom stereocenters. The summed E-state index contributed by atoms with van der Waals surface area (Å²) in [7, 11) is 0. The predicted molar refractivity (Wildman–Crippen MR) is 65.4 cm³/mol. The van der Waals surface area contributed by atoms with E-state index < -0.39 is 0 Å². The van der Waals surface area contributed by atoms with E-state index in [1.165, 1.54) is 22.3 Å². The average molecular weight is 199 g/mol. The lowest BCUT2D eigenvalue weighted by atomic mass is 9.94. The molecule has 1 heteroatoms. The molecule has 0 radical (unpaired) electrons. The van der Waals surface area contributed by atoms with Crippen LogP contribution in [0.4, 0.5) is 0 Å². The maximum absolute atomic E-state index is 6.04. The first-order valence-corrected chi connectivity index (χ1v) is 5.40. The van der Waals surface area contributed by atoms with Crippen LogP contribution in [-0.2, 0) is 0 Å². The Morgan fingerprint density at radius 2 is 1.73 bits per heavy atom. The molecule has 1 aromatic carbocycles. The van der Waals surface area contributed by atoms with E-state index in [2.05, 4.69) is 44.2 Å². The number of hydrogen-bond acceptors (Lipinski definition) is 1. The molecule has 1 aliphatic rings. The highest BCUT2D eigenvalue weighted by molar-refractivity contribution is 5.77. The average Bonchev–Trinajstić information content (AvgIpc) is 2.16. The molecule has 0 aliphatic heterocycles. The van der Waals surface area contributed by atoms with Gasteiger partial charge >= 0.3 is 0 Å². The van der Waals surface area contributed by atoms with Crippen LogP contribution in [0.1, 0.15) is 29.5 Å². The molecule has 2 N–H and O–H groups in total. The number of allylic oxidation sites excluding steroid dienone is 4. The molecule has 0 heterocycles. The summed E-state index contributed by atoms with van der Waals surface area (Å²) in [5.74, 6) is 0. The molecule has 0 spiro atoms. The summed E-state index contributed by atoms with van der Waals surface area (Å²) in [5.41, 5.74) is 12.1. The van der Waals surface area contributed by atoms with Crippen molar-refractivity contribution in [2.45, 2.75) is 26.7 Å².